The average Bonchev–Trinajstić information content (AvgIpc) is 3.06. The zero-order valence-electron chi connectivity index (χ0n) is 13.9. The number of aryl methyl sites for hydroxylation is 1. The van der Waals surface area contributed by atoms with Crippen molar-refractivity contribution in [1.82, 2.24) is 15.5 Å². The minimum atomic E-state index is -0.0761. The van der Waals surface area contributed by atoms with Crippen LogP contribution in [0.25, 0.3) is 0 Å². The van der Waals surface area contributed by atoms with E-state index in [-0.39, 0.29) is 5.91 Å². The van der Waals surface area contributed by atoms with Crippen LogP contribution in [0.15, 0.2) is 64.1 Å². The Morgan fingerprint density at radius 1 is 1.20 bits per heavy atom. The summed E-state index contributed by atoms with van der Waals surface area (Å²) >= 11 is 1.56. The monoisotopic (exact) mass is 353 g/mol. The van der Waals surface area contributed by atoms with Gasteiger partial charge in [0.2, 0.25) is 0 Å². The normalized spacial score (nSPS) is 10.6. The van der Waals surface area contributed by atoms with E-state index in [0.29, 0.717) is 24.3 Å². The molecule has 1 amide bonds. The minimum Gasteiger partial charge on any atom is -0.360 e. The van der Waals surface area contributed by atoms with Crippen LogP contribution in [-0.2, 0) is 12.2 Å². The Balaban J connectivity index is 1.58. The number of aromatic nitrogens is 2. The van der Waals surface area contributed by atoms with Gasteiger partial charge in [0.1, 0.15) is 5.76 Å². The van der Waals surface area contributed by atoms with E-state index in [1.54, 1.807) is 18.0 Å². The van der Waals surface area contributed by atoms with E-state index in [4.69, 9.17) is 4.52 Å². The van der Waals surface area contributed by atoms with Crippen molar-refractivity contribution in [3.63, 3.8) is 0 Å². The topological polar surface area (TPSA) is 68.0 Å². The number of rotatable bonds is 7. The second-order valence-corrected chi connectivity index (χ2v) is 6.56. The number of thioether (sulfide) groups is 1. The first-order valence-corrected chi connectivity index (χ1v) is 9.03. The lowest BCUT2D eigenvalue weighted by atomic mass is 10.2. The van der Waals surface area contributed by atoms with Gasteiger partial charge in [-0.2, -0.15) is 0 Å². The summed E-state index contributed by atoms with van der Waals surface area (Å²) in [5, 5.41) is 6.84. The van der Waals surface area contributed by atoms with Crippen molar-refractivity contribution in [2.45, 2.75) is 24.0 Å². The van der Waals surface area contributed by atoms with Gasteiger partial charge in [0.25, 0.3) is 5.91 Å². The fourth-order valence-corrected chi connectivity index (χ4v) is 3.28. The van der Waals surface area contributed by atoms with Crippen molar-refractivity contribution in [2.24, 2.45) is 0 Å². The Bertz CT molecular complexity index is 833. The molecule has 0 atom stereocenters. The molecule has 0 radical (unpaired) electrons. The second kappa shape index (κ2) is 8.48. The molecule has 0 aliphatic heterocycles. The van der Waals surface area contributed by atoms with Gasteiger partial charge in [-0.3, -0.25) is 9.78 Å². The second-order valence-electron chi connectivity index (χ2n) is 5.55. The van der Waals surface area contributed by atoms with Crippen LogP contribution in [-0.4, -0.2) is 22.6 Å². The van der Waals surface area contributed by atoms with Crippen molar-refractivity contribution in [3.8, 4) is 0 Å². The molecular weight excluding hydrogens is 334 g/mol. The summed E-state index contributed by atoms with van der Waals surface area (Å²) in [6.07, 6.45) is 2.47. The van der Waals surface area contributed by atoms with E-state index < -0.39 is 0 Å². The number of carbonyl (C=O) groups excluding carboxylic acids is 1. The first kappa shape index (κ1) is 17.2. The molecule has 3 rings (SSSR count). The maximum atomic E-state index is 12.5. The largest absolute Gasteiger partial charge is 0.360 e. The summed E-state index contributed by atoms with van der Waals surface area (Å²) in [6.45, 7) is 2.44. The summed E-state index contributed by atoms with van der Waals surface area (Å²) < 4.78 is 5.22. The summed E-state index contributed by atoms with van der Waals surface area (Å²) in [6, 6.07) is 15.3. The van der Waals surface area contributed by atoms with E-state index in [0.717, 1.165) is 22.0 Å². The van der Waals surface area contributed by atoms with Crippen molar-refractivity contribution in [1.29, 1.82) is 0 Å². The third-order valence-electron chi connectivity index (χ3n) is 3.57. The van der Waals surface area contributed by atoms with Gasteiger partial charge in [0, 0.05) is 35.8 Å². The summed E-state index contributed by atoms with van der Waals surface area (Å²) in [5.74, 6) is 1.36. The maximum Gasteiger partial charge on any atom is 0.252 e. The van der Waals surface area contributed by atoms with Crippen LogP contribution in [0, 0.1) is 6.92 Å². The molecule has 0 aliphatic carbocycles. The first-order chi connectivity index (χ1) is 12.2. The number of hydrogen-bond acceptors (Lipinski definition) is 5. The Hall–Kier alpha value is -2.60. The molecule has 0 aliphatic rings. The minimum absolute atomic E-state index is 0.0761. The molecule has 0 unspecified atom stereocenters. The molecule has 0 saturated heterocycles. The summed E-state index contributed by atoms with van der Waals surface area (Å²) in [5.41, 5.74) is 2.49. The van der Waals surface area contributed by atoms with Gasteiger partial charge in [-0.1, -0.05) is 23.4 Å². The molecule has 0 saturated carbocycles. The lowest BCUT2D eigenvalue weighted by Crippen LogP contribution is -2.26. The number of pyridine rings is 1. The predicted octanol–water partition coefficient (Wildman–Crippen LogP) is 3.64. The molecule has 128 valence electrons. The van der Waals surface area contributed by atoms with Crippen LogP contribution in [0.1, 0.15) is 27.5 Å². The third kappa shape index (κ3) is 4.93. The smallest absolute Gasteiger partial charge is 0.252 e. The van der Waals surface area contributed by atoms with Crippen molar-refractivity contribution < 1.29 is 9.32 Å². The van der Waals surface area contributed by atoms with Crippen molar-refractivity contribution in [3.05, 3.63) is 77.4 Å². The standard InChI is InChI=1S/C19H19N3O2S/c1-14-12-16(24-22-14)13-25-18-8-3-2-7-17(18)19(23)21-11-9-15-6-4-5-10-20-15/h2-8,10,12H,9,11,13H2,1H3,(H,21,23). The fourth-order valence-electron chi connectivity index (χ4n) is 2.36. The highest BCUT2D eigenvalue weighted by Crippen LogP contribution is 2.26. The first-order valence-electron chi connectivity index (χ1n) is 8.04. The number of benzene rings is 1. The molecule has 2 aromatic heterocycles. The Labute approximate surface area is 150 Å². The van der Waals surface area contributed by atoms with Crippen LogP contribution in [0.5, 0.6) is 0 Å². The molecule has 1 N–H and O–H groups in total. The van der Waals surface area contributed by atoms with Crippen molar-refractivity contribution >= 4 is 17.7 Å². The van der Waals surface area contributed by atoms with Crippen molar-refractivity contribution in [2.75, 3.05) is 6.54 Å². The summed E-state index contributed by atoms with van der Waals surface area (Å²) in [4.78, 5) is 17.7. The molecule has 0 spiro atoms. The van der Waals surface area contributed by atoms with Crippen LogP contribution in [0.2, 0.25) is 0 Å². The molecule has 1 aromatic carbocycles. The fraction of sp³-hybridized carbons (Fsp3) is 0.211. The lowest BCUT2D eigenvalue weighted by molar-refractivity contribution is 0.0951. The molecule has 6 heteroatoms. The Morgan fingerprint density at radius 3 is 2.80 bits per heavy atom. The molecule has 3 aromatic rings. The van der Waals surface area contributed by atoms with Gasteiger partial charge in [0.15, 0.2) is 0 Å². The van der Waals surface area contributed by atoms with Gasteiger partial charge in [-0.25, -0.2) is 0 Å². The number of nitrogens with zero attached hydrogens (tertiary/aromatic N) is 2. The number of nitrogens with one attached hydrogen (secondary N) is 1. The molecule has 25 heavy (non-hydrogen) atoms. The zero-order chi connectivity index (χ0) is 17.5. The highest BCUT2D eigenvalue weighted by Gasteiger charge is 2.12. The van der Waals surface area contributed by atoms with E-state index in [1.807, 2.05) is 55.5 Å². The Kier molecular flexibility index (Phi) is 5.85. The van der Waals surface area contributed by atoms with E-state index in [1.165, 1.54) is 0 Å². The number of hydrogen-bond donors (Lipinski definition) is 1. The molecule has 0 bridgehead atoms. The van der Waals surface area contributed by atoms with Crippen LogP contribution < -0.4 is 5.32 Å². The zero-order valence-corrected chi connectivity index (χ0v) is 14.8. The van der Waals surface area contributed by atoms with Gasteiger partial charge in [0.05, 0.1) is 17.0 Å². The van der Waals surface area contributed by atoms with Gasteiger partial charge in [-0.05, 0) is 31.2 Å². The third-order valence-corrected chi connectivity index (χ3v) is 4.67. The number of amides is 1. The average molecular weight is 353 g/mol. The van der Waals surface area contributed by atoms with E-state index >= 15 is 0 Å². The maximum absolute atomic E-state index is 12.5. The van der Waals surface area contributed by atoms with Crippen LogP contribution in [0.4, 0.5) is 0 Å². The lowest BCUT2D eigenvalue weighted by Gasteiger charge is -2.09. The summed E-state index contributed by atoms with van der Waals surface area (Å²) in [7, 11) is 0. The SMILES string of the molecule is Cc1cc(CSc2ccccc2C(=O)NCCc2ccccn2)on1. The number of carbonyl (C=O) groups is 1. The molecule has 0 fully saturated rings. The quantitative estimate of drug-likeness (QED) is 0.657. The predicted molar refractivity (Wildman–Crippen MR) is 97.5 cm³/mol. The molecular formula is C19H19N3O2S. The van der Waals surface area contributed by atoms with Gasteiger partial charge in [-0.15, -0.1) is 11.8 Å². The molecule has 5 nitrogen and oxygen atoms in total. The van der Waals surface area contributed by atoms with E-state index in [2.05, 4.69) is 15.5 Å². The Morgan fingerprint density at radius 2 is 2.04 bits per heavy atom. The van der Waals surface area contributed by atoms with E-state index in [9.17, 15) is 4.79 Å². The molecule has 2 heterocycles. The van der Waals surface area contributed by atoms with Crippen LogP contribution in [0.3, 0.4) is 0 Å². The highest BCUT2D eigenvalue weighted by molar-refractivity contribution is 7.98. The highest BCUT2D eigenvalue weighted by atomic mass is 32.2. The van der Waals surface area contributed by atoms with Gasteiger partial charge >= 0.3 is 0 Å². The van der Waals surface area contributed by atoms with Gasteiger partial charge < -0.3 is 9.84 Å². The van der Waals surface area contributed by atoms with Crippen LogP contribution >= 0.6 is 11.8 Å².